The van der Waals surface area contributed by atoms with Crippen molar-refractivity contribution in [2.24, 2.45) is 0 Å². The van der Waals surface area contributed by atoms with Gasteiger partial charge in [-0.3, -0.25) is 4.79 Å². The number of nitrogens with zero attached hydrogens (tertiary/aromatic N) is 2. The summed E-state index contributed by atoms with van der Waals surface area (Å²) in [5.41, 5.74) is 3.44. The first-order chi connectivity index (χ1) is 14.2. The molecule has 1 aliphatic heterocycles. The molecular formula is C25H35FN2O2Si. The minimum Gasteiger partial charge on any atom is -0.530 e. The number of carbonyl (C=O) groups excluding carboxylic acids is 1. The van der Waals surface area contributed by atoms with Crippen molar-refractivity contribution in [3.63, 3.8) is 0 Å². The van der Waals surface area contributed by atoms with E-state index >= 15 is 0 Å². The van der Waals surface area contributed by atoms with Crippen molar-refractivity contribution in [2.75, 3.05) is 11.4 Å². The molecule has 2 heterocycles. The second kappa shape index (κ2) is 8.04. The zero-order valence-electron chi connectivity index (χ0n) is 20.1. The first-order valence-electron chi connectivity index (χ1n) is 11.0. The van der Waals surface area contributed by atoms with Gasteiger partial charge in [0, 0.05) is 30.4 Å². The van der Waals surface area contributed by atoms with Crippen LogP contribution in [0.5, 0.6) is 5.88 Å². The molecule has 1 aromatic heterocycles. The molecule has 0 saturated heterocycles. The number of hydrogen-bond acceptors (Lipinski definition) is 3. The lowest BCUT2D eigenvalue weighted by Crippen LogP contribution is -2.44. The molecule has 0 unspecified atom stereocenters. The minimum atomic E-state index is -2.13. The van der Waals surface area contributed by atoms with E-state index in [2.05, 4.69) is 53.8 Å². The van der Waals surface area contributed by atoms with Gasteiger partial charge in [-0.25, -0.2) is 9.37 Å². The molecule has 0 fully saturated rings. The molecule has 3 rings (SSSR count). The van der Waals surface area contributed by atoms with Crippen LogP contribution in [0.15, 0.2) is 30.3 Å². The Bertz CT molecular complexity index is 978. The lowest BCUT2D eigenvalue weighted by atomic mass is 9.91. The summed E-state index contributed by atoms with van der Waals surface area (Å²) in [6.45, 7) is 17.8. The van der Waals surface area contributed by atoms with Gasteiger partial charge in [0.15, 0.2) is 0 Å². The van der Waals surface area contributed by atoms with E-state index in [1.54, 1.807) is 12.1 Å². The van der Waals surface area contributed by atoms with Crippen LogP contribution in [-0.4, -0.2) is 25.8 Å². The molecule has 6 heteroatoms. The average Bonchev–Trinajstić information content (AvgIpc) is 2.92. The van der Waals surface area contributed by atoms with E-state index in [4.69, 9.17) is 9.41 Å². The van der Waals surface area contributed by atoms with Gasteiger partial charge in [0.1, 0.15) is 5.82 Å². The molecule has 4 nitrogen and oxygen atoms in total. The number of pyridine rings is 1. The smallest absolute Gasteiger partial charge is 0.252 e. The van der Waals surface area contributed by atoms with Gasteiger partial charge in [-0.2, -0.15) is 0 Å². The number of benzene rings is 1. The summed E-state index contributed by atoms with van der Waals surface area (Å²) in [7, 11) is -2.13. The fourth-order valence-corrected chi connectivity index (χ4v) is 4.60. The number of fused-ring (bicyclic) bond motifs is 1. The summed E-state index contributed by atoms with van der Waals surface area (Å²) in [4.78, 5) is 19.5. The third-order valence-electron chi connectivity index (χ3n) is 6.60. The van der Waals surface area contributed by atoms with Crippen LogP contribution in [0.4, 0.5) is 10.1 Å². The topological polar surface area (TPSA) is 42.4 Å². The van der Waals surface area contributed by atoms with Gasteiger partial charge in [0.25, 0.3) is 8.32 Å². The molecule has 0 aliphatic carbocycles. The van der Waals surface area contributed by atoms with Crippen LogP contribution in [0.1, 0.15) is 64.8 Å². The third kappa shape index (κ3) is 4.69. The Labute approximate surface area is 187 Å². The maximum atomic E-state index is 13.4. The van der Waals surface area contributed by atoms with Crippen molar-refractivity contribution in [3.8, 4) is 5.88 Å². The molecular weight excluding hydrogens is 407 g/mol. The van der Waals surface area contributed by atoms with Gasteiger partial charge >= 0.3 is 0 Å². The Morgan fingerprint density at radius 2 is 1.84 bits per heavy atom. The zero-order valence-corrected chi connectivity index (χ0v) is 21.1. The molecule has 0 radical (unpaired) electrons. The van der Waals surface area contributed by atoms with Crippen molar-refractivity contribution in [3.05, 3.63) is 53.0 Å². The highest BCUT2D eigenvalue weighted by Gasteiger charge is 2.43. The third-order valence-corrected chi connectivity index (χ3v) is 10.9. The normalized spacial score (nSPS) is 15.7. The van der Waals surface area contributed by atoms with Crippen LogP contribution in [0.3, 0.4) is 0 Å². The molecule has 1 aromatic carbocycles. The standard InChI is InChI=1S/C25H35FN2O2Si/c1-9-21(29)28-16-25(5,6)22-20(28)15-18(14-17-10-12-19(26)13-11-17)23(27-22)30-31(7,8)24(2,3)4/h10-13,15H,9,14,16H2,1-8H3. The number of anilines is 1. The summed E-state index contributed by atoms with van der Waals surface area (Å²) in [5.74, 6) is 0.489. The zero-order chi connectivity index (χ0) is 23.2. The molecule has 0 spiro atoms. The molecule has 2 aromatic rings. The number of hydrogen-bond donors (Lipinski definition) is 0. The summed E-state index contributed by atoms with van der Waals surface area (Å²) >= 11 is 0. The first-order valence-corrected chi connectivity index (χ1v) is 13.9. The van der Waals surface area contributed by atoms with Gasteiger partial charge in [-0.1, -0.05) is 53.7 Å². The number of carbonyl (C=O) groups is 1. The monoisotopic (exact) mass is 442 g/mol. The van der Waals surface area contributed by atoms with E-state index in [1.807, 2.05) is 11.8 Å². The minimum absolute atomic E-state index is 0.0283. The van der Waals surface area contributed by atoms with Crippen molar-refractivity contribution in [2.45, 2.75) is 77.9 Å². The number of halogens is 1. The quantitative estimate of drug-likeness (QED) is 0.516. The van der Waals surface area contributed by atoms with E-state index in [1.165, 1.54) is 12.1 Å². The second-order valence-corrected chi connectivity index (χ2v) is 15.4. The van der Waals surface area contributed by atoms with Gasteiger partial charge in [-0.05, 0) is 41.9 Å². The highest BCUT2D eigenvalue weighted by atomic mass is 28.4. The van der Waals surface area contributed by atoms with E-state index in [9.17, 15) is 9.18 Å². The molecule has 0 N–H and O–H groups in total. The second-order valence-electron chi connectivity index (χ2n) is 10.7. The average molecular weight is 443 g/mol. The Kier molecular flexibility index (Phi) is 6.08. The van der Waals surface area contributed by atoms with Gasteiger partial charge < -0.3 is 9.33 Å². The number of aromatic nitrogens is 1. The van der Waals surface area contributed by atoms with Crippen LogP contribution in [0, 0.1) is 5.82 Å². The highest BCUT2D eigenvalue weighted by Crippen LogP contribution is 2.44. The van der Waals surface area contributed by atoms with E-state index in [0.29, 0.717) is 25.3 Å². The molecule has 0 bridgehead atoms. The molecule has 1 aliphatic rings. The summed E-state index contributed by atoms with van der Waals surface area (Å²) in [5, 5.41) is 0.0283. The number of amides is 1. The van der Waals surface area contributed by atoms with Crippen molar-refractivity contribution >= 4 is 19.9 Å². The maximum Gasteiger partial charge on any atom is 0.252 e. The highest BCUT2D eigenvalue weighted by molar-refractivity contribution is 6.74. The fourth-order valence-electron chi connectivity index (χ4n) is 3.63. The van der Waals surface area contributed by atoms with Crippen LogP contribution < -0.4 is 9.33 Å². The van der Waals surface area contributed by atoms with Crippen LogP contribution in [-0.2, 0) is 16.6 Å². The fraction of sp³-hybridized carbons (Fsp3) is 0.520. The number of rotatable bonds is 5. The molecule has 31 heavy (non-hydrogen) atoms. The first kappa shape index (κ1) is 23.5. The van der Waals surface area contributed by atoms with Crippen LogP contribution in [0.2, 0.25) is 18.1 Å². The van der Waals surface area contributed by atoms with E-state index in [0.717, 1.165) is 22.5 Å². The predicted molar refractivity (Wildman–Crippen MR) is 127 cm³/mol. The van der Waals surface area contributed by atoms with E-state index < -0.39 is 8.32 Å². The Morgan fingerprint density at radius 1 is 1.23 bits per heavy atom. The molecule has 0 atom stereocenters. The summed E-state index contributed by atoms with van der Waals surface area (Å²) in [6, 6.07) is 8.59. The Hall–Kier alpha value is -2.21. The van der Waals surface area contributed by atoms with Gasteiger partial charge in [-0.15, -0.1) is 0 Å². The van der Waals surface area contributed by atoms with Crippen LogP contribution in [0.25, 0.3) is 0 Å². The maximum absolute atomic E-state index is 13.4. The summed E-state index contributed by atoms with van der Waals surface area (Å²) < 4.78 is 20.1. The van der Waals surface area contributed by atoms with Crippen molar-refractivity contribution in [1.82, 2.24) is 4.98 Å². The summed E-state index contributed by atoms with van der Waals surface area (Å²) in [6.07, 6.45) is 1.02. The van der Waals surface area contributed by atoms with Gasteiger partial charge in [0.2, 0.25) is 11.8 Å². The SMILES string of the molecule is CCC(=O)N1CC(C)(C)c2nc(O[Si](C)(C)C(C)(C)C)c(Cc3ccc(F)cc3)cc21. The lowest BCUT2D eigenvalue weighted by molar-refractivity contribution is -0.118. The molecule has 1 amide bonds. The lowest BCUT2D eigenvalue weighted by Gasteiger charge is -2.36. The predicted octanol–water partition coefficient (Wildman–Crippen LogP) is 6.23. The van der Waals surface area contributed by atoms with Crippen molar-refractivity contribution < 1.29 is 13.6 Å². The van der Waals surface area contributed by atoms with E-state index in [-0.39, 0.29) is 22.2 Å². The Morgan fingerprint density at radius 3 is 2.39 bits per heavy atom. The largest absolute Gasteiger partial charge is 0.530 e. The Balaban J connectivity index is 2.14. The van der Waals surface area contributed by atoms with Crippen LogP contribution >= 0.6 is 0 Å². The van der Waals surface area contributed by atoms with Gasteiger partial charge in [0.05, 0.1) is 11.4 Å². The molecule has 0 saturated carbocycles. The van der Waals surface area contributed by atoms with Crippen molar-refractivity contribution in [1.29, 1.82) is 0 Å². The molecule has 168 valence electrons.